The van der Waals surface area contributed by atoms with Crippen LogP contribution in [0.2, 0.25) is 0 Å². The van der Waals surface area contributed by atoms with Crippen LogP contribution in [0, 0.1) is 0 Å². The smallest absolute Gasteiger partial charge is 0.235 e. The second kappa shape index (κ2) is 4.53. The molecular formula is C15H13NO2. The molecule has 0 bridgehead atoms. The quantitative estimate of drug-likeness (QED) is 0.894. The molecule has 3 nitrogen and oxygen atoms in total. The van der Waals surface area contributed by atoms with Gasteiger partial charge in [-0.25, -0.2) is 0 Å². The summed E-state index contributed by atoms with van der Waals surface area (Å²) in [6.07, 6.45) is 0. The molecular weight excluding hydrogens is 226 g/mol. The highest BCUT2D eigenvalue weighted by atomic mass is 16.5. The van der Waals surface area contributed by atoms with Crippen molar-refractivity contribution in [2.24, 2.45) is 0 Å². The Morgan fingerprint density at radius 3 is 2.56 bits per heavy atom. The Morgan fingerprint density at radius 2 is 1.72 bits per heavy atom. The minimum atomic E-state index is -0.221. The summed E-state index contributed by atoms with van der Waals surface area (Å²) >= 11 is 0. The molecule has 90 valence electrons. The van der Waals surface area contributed by atoms with Crippen molar-refractivity contribution >= 4 is 11.6 Å². The van der Waals surface area contributed by atoms with Crippen molar-refractivity contribution in [2.75, 3.05) is 11.9 Å². The Bertz CT molecular complexity index is 566. The lowest BCUT2D eigenvalue weighted by Crippen LogP contribution is -2.18. The Hall–Kier alpha value is -2.29. The molecule has 0 fully saturated rings. The maximum absolute atomic E-state index is 11.9. The van der Waals surface area contributed by atoms with Crippen LogP contribution in [0.4, 0.5) is 5.69 Å². The Balaban J connectivity index is 1.76. The van der Waals surface area contributed by atoms with E-state index >= 15 is 0 Å². The van der Waals surface area contributed by atoms with Gasteiger partial charge in [0.25, 0.3) is 0 Å². The first-order valence-electron chi connectivity index (χ1n) is 5.92. The minimum Gasteiger partial charge on any atom is -0.492 e. The predicted molar refractivity (Wildman–Crippen MR) is 69.7 cm³/mol. The first-order chi connectivity index (χ1) is 8.84. The number of hydrogen-bond donors (Lipinski definition) is 1. The summed E-state index contributed by atoms with van der Waals surface area (Å²) in [4.78, 5) is 11.9. The molecule has 2 aromatic rings. The van der Waals surface area contributed by atoms with Gasteiger partial charge in [-0.05, 0) is 23.8 Å². The van der Waals surface area contributed by atoms with Crippen LogP contribution in [-0.4, -0.2) is 12.5 Å². The second-order valence-electron chi connectivity index (χ2n) is 4.25. The normalized spacial score (nSPS) is 17.1. The van der Waals surface area contributed by atoms with E-state index in [1.807, 2.05) is 54.6 Å². The van der Waals surface area contributed by atoms with Crippen molar-refractivity contribution in [2.45, 2.75) is 5.92 Å². The van der Waals surface area contributed by atoms with Crippen molar-refractivity contribution < 1.29 is 9.53 Å². The molecule has 1 amide bonds. The highest BCUT2D eigenvalue weighted by molar-refractivity contribution is 6.02. The van der Waals surface area contributed by atoms with Gasteiger partial charge in [-0.15, -0.1) is 0 Å². The van der Waals surface area contributed by atoms with Gasteiger partial charge in [0.2, 0.25) is 5.91 Å². The molecule has 2 aromatic carbocycles. The molecule has 3 rings (SSSR count). The van der Waals surface area contributed by atoms with Crippen LogP contribution < -0.4 is 10.1 Å². The number of carbonyl (C=O) groups is 1. The first-order valence-corrected chi connectivity index (χ1v) is 5.92. The Labute approximate surface area is 105 Å². The maximum Gasteiger partial charge on any atom is 0.235 e. The Kier molecular flexibility index (Phi) is 2.73. The molecule has 0 saturated heterocycles. The average molecular weight is 239 g/mol. The molecule has 1 aliphatic heterocycles. The van der Waals surface area contributed by atoms with Crippen LogP contribution in [0.5, 0.6) is 5.75 Å². The number of amides is 1. The molecule has 0 aliphatic carbocycles. The molecule has 0 aromatic heterocycles. The van der Waals surface area contributed by atoms with E-state index in [9.17, 15) is 4.79 Å². The van der Waals surface area contributed by atoms with Gasteiger partial charge < -0.3 is 10.1 Å². The van der Waals surface area contributed by atoms with Crippen LogP contribution in [0.3, 0.4) is 0 Å². The Morgan fingerprint density at radius 1 is 1.00 bits per heavy atom. The zero-order chi connectivity index (χ0) is 12.4. The molecule has 18 heavy (non-hydrogen) atoms. The van der Waals surface area contributed by atoms with Crippen molar-refractivity contribution in [3.05, 3.63) is 60.2 Å². The summed E-state index contributed by atoms with van der Waals surface area (Å²) in [5.74, 6) is 0.572. The van der Waals surface area contributed by atoms with E-state index in [1.165, 1.54) is 0 Å². The van der Waals surface area contributed by atoms with Gasteiger partial charge in [-0.1, -0.05) is 36.4 Å². The summed E-state index contributed by atoms with van der Waals surface area (Å²) in [7, 11) is 0. The molecule has 0 saturated carbocycles. The minimum absolute atomic E-state index is 0.00660. The number of carbonyl (C=O) groups excluding carboxylic acids is 1. The monoisotopic (exact) mass is 239 g/mol. The fraction of sp³-hybridized carbons (Fsp3) is 0.133. The van der Waals surface area contributed by atoms with Gasteiger partial charge in [0, 0.05) is 5.69 Å². The van der Waals surface area contributed by atoms with Gasteiger partial charge in [-0.2, -0.15) is 0 Å². The molecule has 1 heterocycles. The number of rotatable bonds is 3. The lowest BCUT2D eigenvalue weighted by Gasteiger charge is -2.10. The number of benzene rings is 2. The van der Waals surface area contributed by atoms with E-state index in [0.717, 1.165) is 17.0 Å². The van der Waals surface area contributed by atoms with Crippen LogP contribution in [-0.2, 0) is 4.79 Å². The second-order valence-corrected chi connectivity index (χ2v) is 4.25. The SMILES string of the molecule is O=C1Nc2ccccc2C1COc1ccccc1. The van der Waals surface area contributed by atoms with Gasteiger partial charge >= 0.3 is 0 Å². The third kappa shape index (κ3) is 1.95. The van der Waals surface area contributed by atoms with E-state index in [2.05, 4.69) is 5.32 Å². The van der Waals surface area contributed by atoms with Crippen molar-refractivity contribution in [3.8, 4) is 5.75 Å². The van der Waals surface area contributed by atoms with Crippen molar-refractivity contribution in [3.63, 3.8) is 0 Å². The summed E-state index contributed by atoms with van der Waals surface area (Å²) in [5, 5.41) is 2.86. The van der Waals surface area contributed by atoms with Gasteiger partial charge in [0.1, 0.15) is 12.4 Å². The standard InChI is InChI=1S/C15H13NO2/c17-15-13(10-18-11-6-2-1-3-7-11)12-8-4-5-9-14(12)16-15/h1-9,13H,10H2,(H,16,17). The van der Waals surface area contributed by atoms with Crippen LogP contribution >= 0.6 is 0 Å². The van der Waals surface area contributed by atoms with Crippen molar-refractivity contribution in [1.29, 1.82) is 0 Å². The number of para-hydroxylation sites is 2. The lowest BCUT2D eigenvalue weighted by molar-refractivity contribution is -0.117. The highest BCUT2D eigenvalue weighted by Gasteiger charge is 2.30. The topological polar surface area (TPSA) is 38.3 Å². The van der Waals surface area contributed by atoms with Gasteiger partial charge in [0.15, 0.2) is 0 Å². The van der Waals surface area contributed by atoms with E-state index in [0.29, 0.717) is 6.61 Å². The average Bonchev–Trinajstić information content (AvgIpc) is 2.73. The molecule has 3 heteroatoms. The fourth-order valence-corrected chi connectivity index (χ4v) is 2.14. The molecule has 1 N–H and O–H groups in total. The van der Waals surface area contributed by atoms with E-state index < -0.39 is 0 Å². The molecule has 0 radical (unpaired) electrons. The number of hydrogen-bond acceptors (Lipinski definition) is 2. The third-order valence-electron chi connectivity index (χ3n) is 3.07. The van der Waals surface area contributed by atoms with Crippen LogP contribution in [0.15, 0.2) is 54.6 Å². The fourth-order valence-electron chi connectivity index (χ4n) is 2.14. The largest absolute Gasteiger partial charge is 0.492 e. The lowest BCUT2D eigenvalue weighted by atomic mass is 10.0. The molecule has 1 atom stereocenters. The summed E-state index contributed by atoms with van der Waals surface area (Å²) in [5.41, 5.74) is 1.91. The number of anilines is 1. The number of nitrogens with one attached hydrogen (secondary N) is 1. The third-order valence-corrected chi connectivity index (χ3v) is 3.07. The number of fused-ring (bicyclic) bond motifs is 1. The summed E-state index contributed by atoms with van der Waals surface area (Å²) in [6, 6.07) is 17.3. The summed E-state index contributed by atoms with van der Waals surface area (Å²) in [6.45, 7) is 0.368. The molecule has 1 unspecified atom stereocenters. The van der Waals surface area contributed by atoms with E-state index in [-0.39, 0.29) is 11.8 Å². The molecule has 0 spiro atoms. The van der Waals surface area contributed by atoms with Crippen LogP contribution in [0.25, 0.3) is 0 Å². The maximum atomic E-state index is 11.9. The first kappa shape index (κ1) is 10.8. The highest BCUT2D eigenvalue weighted by Crippen LogP contribution is 2.32. The van der Waals surface area contributed by atoms with E-state index in [4.69, 9.17) is 4.74 Å². The predicted octanol–water partition coefficient (Wildman–Crippen LogP) is 2.80. The summed E-state index contributed by atoms with van der Waals surface area (Å²) < 4.78 is 5.66. The van der Waals surface area contributed by atoms with Gasteiger partial charge in [-0.3, -0.25) is 4.79 Å². The van der Waals surface area contributed by atoms with Gasteiger partial charge in [0.05, 0.1) is 5.92 Å². The zero-order valence-corrected chi connectivity index (χ0v) is 9.80. The zero-order valence-electron chi connectivity index (χ0n) is 9.80. The molecule has 1 aliphatic rings. The van der Waals surface area contributed by atoms with Crippen molar-refractivity contribution in [1.82, 2.24) is 0 Å². The van der Waals surface area contributed by atoms with Crippen LogP contribution in [0.1, 0.15) is 11.5 Å². The van der Waals surface area contributed by atoms with E-state index in [1.54, 1.807) is 0 Å². The number of ether oxygens (including phenoxy) is 1.